The van der Waals surface area contributed by atoms with E-state index in [0.717, 1.165) is 68.4 Å². The lowest BCUT2D eigenvalue weighted by Crippen LogP contribution is -2.58. The van der Waals surface area contributed by atoms with Crippen molar-refractivity contribution in [3.05, 3.63) is 59.3 Å². The topological polar surface area (TPSA) is 39.6 Å². The molecule has 4 saturated heterocycles. The van der Waals surface area contributed by atoms with E-state index in [1.165, 1.54) is 5.56 Å². The van der Waals surface area contributed by atoms with Gasteiger partial charge in [0.15, 0.2) is 0 Å². The number of fused-ring (bicyclic) bond motifs is 3. The summed E-state index contributed by atoms with van der Waals surface area (Å²) in [5, 5.41) is 11.2. The molecule has 6 rings (SSSR count). The van der Waals surface area contributed by atoms with E-state index in [0.29, 0.717) is 12.5 Å². The molecule has 0 spiro atoms. The molecule has 5 heterocycles. The van der Waals surface area contributed by atoms with Crippen molar-refractivity contribution >= 4 is 5.82 Å². The van der Waals surface area contributed by atoms with E-state index in [1.54, 1.807) is 0 Å². The zero-order chi connectivity index (χ0) is 19.8. The maximum absolute atomic E-state index is 11.2. The van der Waals surface area contributed by atoms with E-state index < -0.39 is 5.60 Å². The van der Waals surface area contributed by atoms with Gasteiger partial charge in [-0.15, -0.1) is 0 Å². The Morgan fingerprint density at radius 2 is 1.86 bits per heavy atom. The van der Waals surface area contributed by atoms with E-state index in [4.69, 9.17) is 4.98 Å². The third-order valence-electron chi connectivity index (χ3n) is 6.70. The number of rotatable bonds is 3. The quantitative estimate of drug-likeness (QED) is 0.822. The van der Waals surface area contributed by atoms with E-state index in [2.05, 4.69) is 65.0 Å². The number of aromatic nitrogens is 1. The molecule has 29 heavy (non-hydrogen) atoms. The van der Waals surface area contributed by atoms with Crippen molar-refractivity contribution in [2.75, 3.05) is 37.6 Å². The fraction of sp³-hybridized carbons (Fsp3) is 0.480. The number of piperidine rings is 3. The first kappa shape index (κ1) is 18.7. The van der Waals surface area contributed by atoms with Gasteiger partial charge in [-0.2, -0.15) is 0 Å². The molecule has 4 aliphatic rings. The molecular weight excluding hydrogens is 358 g/mol. The summed E-state index contributed by atoms with van der Waals surface area (Å²) in [6, 6.07) is 14.6. The van der Waals surface area contributed by atoms with Crippen molar-refractivity contribution in [3.63, 3.8) is 0 Å². The molecule has 1 aromatic heterocycles. The average Bonchev–Trinajstić information content (AvgIpc) is 2.72. The Morgan fingerprint density at radius 3 is 2.52 bits per heavy atom. The van der Waals surface area contributed by atoms with Crippen molar-refractivity contribution in [1.82, 2.24) is 9.88 Å². The second-order valence-corrected chi connectivity index (χ2v) is 9.06. The molecule has 4 nitrogen and oxygen atoms in total. The predicted octanol–water partition coefficient (Wildman–Crippen LogP) is 2.94. The van der Waals surface area contributed by atoms with E-state index in [1.807, 2.05) is 6.07 Å². The Bertz CT molecular complexity index is 934. The number of anilines is 1. The molecule has 4 fully saturated rings. The van der Waals surface area contributed by atoms with Gasteiger partial charge >= 0.3 is 0 Å². The number of aliphatic hydroxyl groups is 1. The second kappa shape index (κ2) is 7.48. The van der Waals surface area contributed by atoms with Crippen LogP contribution in [0.1, 0.15) is 36.6 Å². The molecular formula is C25H29N3O. The highest BCUT2D eigenvalue weighted by molar-refractivity contribution is 5.50. The lowest BCUT2D eigenvalue weighted by atomic mass is 9.75. The first-order chi connectivity index (χ1) is 14.1. The third kappa shape index (κ3) is 3.77. The van der Waals surface area contributed by atoms with E-state index in [-0.39, 0.29) is 0 Å². The molecule has 0 amide bonds. The summed E-state index contributed by atoms with van der Waals surface area (Å²) in [7, 11) is 0. The number of hydrogen-bond donors (Lipinski definition) is 1. The summed E-state index contributed by atoms with van der Waals surface area (Å²) in [5.41, 5.74) is 2.30. The molecule has 0 aliphatic carbocycles. The first-order valence-electron chi connectivity index (χ1n) is 10.9. The van der Waals surface area contributed by atoms with Gasteiger partial charge in [0.1, 0.15) is 11.4 Å². The van der Waals surface area contributed by atoms with Crippen LogP contribution < -0.4 is 4.90 Å². The zero-order valence-electron chi connectivity index (χ0n) is 17.1. The summed E-state index contributed by atoms with van der Waals surface area (Å²) in [6.45, 7) is 7.28. The molecule has 0 radical (unpaired) electrons. The Labute approximate surface area is 173 Å². The summed E-state index contributed by atoms with van der Waals surface area (Å²) in [5.74, 6) is 8.67. The van der Waals surface area contributed by atoms with Gasteiger partial charge in [0, 0.05) is 37.5 Å². The standard InChI is InChI=1S/C25H29N3O/c1-19-16-28(17-19)24-8-7-21(23(26-24)15-20-5-3-2-4-6-20)9-12-25(29)18-27-13-10-22(25)11-14-27/h2-8,19,22,29H,10-11,13-18H2,1H3. The molecule has 150 valence electrons. The van der Waals surface area contributed by atoms with Crippen LogP contribution in [0.15, 0.2) is 42.5 Å². The van der Waals surface area contributed by atoms with Gasteiger partial charge in [0.2, 0.25) is 0 Å². The third-order valence-corrected chi connectivity index (χ3v) is 6.70. The van der Waals surface area contributed by atoms with Crippen LogP contribution in [-0.2, 0) is 6.42 Å². The van der Waals surface area contributed by atoms with Crippen molar-refractivity contribution in [1.29, 1.82) is 0 Å². The number of hydrogen-bond acceptors (Lipinski definition) is 4. The lowest BCUT2D eigenvalue weighted by Gasteiger charge is -2.47. The smallest absolute Gasteiger partial charge is 0.141 e. The largest absolute Gasteiger partial charge is 0.376 e. The fourth-order valence-corrected chi connectivity index (χ4v) is 4.95. The first-order valence-corrected chi connectivity index (χ1v) is 10.9. The summed E-state index contributed by atoms with van der Waals surface area (Å²) in [6.07, 6.45) is 2.86. The van der Waals surface area contributed by atoms with Crippen LogP contribution in [0.3, 0.4) is 0 Å². The molecule has 1 atom stereocenters. The summed E-state index contributed by atoms with van der Waals surface area (Å²) in [4.78, 5) is 9.66. The van der Waals surface area contributed by atoms with Crippen LogP contribution in [0, 0.1) is 23.7 Å². The second-order valence-electron chi connectivity index (χ2n) is 9.06. The van der Waals surface area contributed by atoms with Crippen molar-refractivity contribution in [3.8, 4) is 11.8 Å². The zero-order valence-corrected chi connectivity index (χ0v) is 17.1. The van der Waals surface area contributed by atoms with Crippen LogP contribution in [0.25, 0.3) is 0 Å². The fourth-order valence-electron chi connectivity index (χ4n) is 4.95. The Kier molecular flexibility index (Phi) is 4.81. The van der Waals surface area contributed by atoms with Crippen molar-refractivity contribution < 1.29 is 5.11 Å². The molecule has 1 aromatic carbocycles. The Morgan fingerprint density at radius 1 is 1.10 bits per heavy atom. The number of nitrogens with zero attached hydrogens (tertiary/aromatic N) is 3. The molecule has 2 bridgehead atoms. The van der Waals surface area contributed by atoms with E-state index >= 15 is 0 Å². The summed E-state index contributed by atoms with van der Waals surface area (Å²) < 4.78 is 0. The molecule has 2 aromatic rings. The lowest BCUT2D eigenvalue weighted by molar-refractivity contribution is -0.0713. The minimum absolute atomic E-state index is 0.299. The number of benzene rings is 1. The molecule has 1 N–H and O–H groups in total. The van der Waals surface area contributed by atoms with Gasteiger partial charge in [0.05, 0.1) is 5.69 Å². The highest BCUT2D eigenvalue weighted by atomic mass is 16.3. The maximum atomic E-state index is 11.2. The summed E-state index contributed by atoms with van der Waals surface area (Å²) >= 11 is 0. The van der Waals surface area contributed by atoms with Crippen LogP contribution in [0.2, 0.25) is 0 Å². The monoisotopic (exact) mass is 387 g/mol. The van der Waals surface area contributed by atoms with Gasteiger partial charge in [0.25, 0.3) is 0 Å². The van der Waals surface area contributed by atoms with Crippen LogP contribution >= 0.6 is 0 Å². The van der Waals surface area contributed by atoms with E-state index in [9.17, 15) is 5.11 Å². The number of pyridine rings is 1. The average molecular weight is 388 g/mol. The van der Waals surface area contributed by atoms with Crippen LogP contribution in [-0.4, -0.2) is 53.3 Å². The molecule has 4 heteroatoms. The van der Waals surface area contributed by atoms with Crippen LogP contribution in [0.4, 0.5) is 5.82 Å². The minimum Gasteiger partial charge on any atom is -0.376 e. The molecule has 4 aliphatic heterocycles. The molecule has 1 unspecified atom stereocenters. The van der Waals surface area contributed by atoms with Crippen molar-refractivity contribution in [2.45, 2.75) is 31.8 Å². The van der Waals surface area contributed by atoms with Gasteiger partial charge in [-0.25, -0.2) is 4.98 Å². The minimum atomic E-state index is -0.883. The molecule has 0 saturated carbocycles. The maximum Gasteiger partial charge on any atom is 0.141 e. The Balaban J connectivity index is 1.46. The highest BCUT2D eigenvalue weighted by Crippen LogP contribution is 2.35. The highest BCUT2D eigenvalue weighted by Gasteiger charge is 2.44. The van der Waals surface area contributed by atoms with Crippen molar-refractivity contribution in [2.24, 2.45) is 11.8 Å². The normalized spacial score (nSPS) is 28.6. The SMILES string of the molecule is CC1CN(c2ccc(C#CC3(O)CN4CCC3CC4)c(Cc3ccccc3)n2)C1. The predicted molar refractivity (Wildman–Crippen MR) is 116 cm³/mol. The van der Waals surface area contributed by atoms with Gasteiger partial charge in [-0.3, -0.25) is 4.90 Å². The Hall–Kier alpha value is -2.35. The van der Waals surface area contributed by atoms with Gasteiger partial charge in [-0.05, 0) is 49.5 Å². The van der Waals surface area contributed by atoms with Gasteiger partial charge < -0.3 is 10.0 Å². The van der Waals surface area contributed by atoms with Gasteiger partial charge in [-0.1, -0.05) is 49.1 Å². The van der Waals surface area contributed by atoms with Crippen LogP contribution in [0.5, 0.6) is 0 Å².